The molecule has 0 unspecified atom stereocenters. The maximum Gasteiger partial charge on any atom is 0.355 e. The van der Waals surface area contributed by atoms with Crippen LogP contribution in [0.1, 0.15) is 12.5 Å². The largest absolute Gasteiger partial charge is 0.461 e. The van der Waals surface area contributed by atoms with Crippen LogP contribution in [0.2, 0.25) is 0 Å². The summed E-state index contributed by atoms with van der Waals surface area (Å²) in [6, 6.07) is 11.4. The minimum absolute atomic E-state index is 0.0653. The minimum atomic E-state index is -1.23. The van der Waals surface area contributed by atoms with E-state index in [1.807, 2.05) is 19.1 Å². The molecule has 31 heavy (non-hydrogen) atoms. The van der Waals surface area contributed by atoms with Crippen molar-refractivity contribution in [1.82, 2.24) is 0 Å². The first-order valence-electron chi connectivity index (χ1n) is 9.58. The van der Waals surface area contributed by atoms with Gasteiger partial charge in [-0.1, -0.05) is 29.8 Å². The first-order chi connectivity index (χ1) is 14.8. The number of hydrogen-bond donors (Lipinski definition) is 0. The molecule has 4 rings (SSSR count). The molecule has 0 spiro atoms. The van der Waals surface area contributed by atoms with E-state index >= 15 is 0 Å². The minimum Gasteiger partial charge on any atom is -0.461 e. The Morgan fingerprint density at radius 3 is 2.45 bits per heavy atom. The van der Waals surface area contributed by atoms with E-state index in [0.717, 1.165) is 10.5 Å². The van der Waals surface area contributed by atoms with Gasteiger partial charge in [0.25, 0.3) is 11.6 Å². The third kappa shape index (κ3) is 3.21. The normalized spacial score (nSPS) is 20.0. The Kier molecular flexibility index (Phi) is 4.97. The van der Waals surface area contributed by atoms with E-state index in [1.165, 1.54) is 29.3 Å². The molecule has 0 bridgehead atoms. The van der Waals surface area contributed by atoms with Crippen molar-refractivity contribution in [3.8, 4) is 0 Å². The van der Waals surface area contributed by atoms with Crippen LogP contribution in [0.25, 0.3) is 0 Å². The maximum absolute atomic E-state index is 13.4. The first-order valence-corrected chi connectivity index (χ1v) is 9.58. The van der Waals surface area contributed by atoms with Gasteiger partial charge in [0.2, 0.25) is 5.91 Å². The fourth-order valence-corrected chi connectivity index (χ4v) is 3.74. The smallest absolute Gasteiger partial charge is 0.355 e. The molecule has 0 saturated carbocycles. The lowest BCUT2D eigenvalue weighted by Crippen LogP contribution is -2.39. The Morgan fingerprint density at radius 2 is 1.81 bits per heavy atom. The number of para-hydroxylation sites is 2. The van der Waals surface area contributed by atoms with Crippen LogP contribution < -0.4 is 9.91 Å². The molecule has 2 aliphatic heterocycles. The summed E-state index contributed by atoms with van der Waals surface area (Å²) in [5.74, 6) is -3.50. The second kappa shape index (κ2) is 7.63. The van der Waals surface area contributed by atoms with E-state index in [9.17, 15) is 24.5 Å². The van der Waals surface area contributed by atoms with Gasteiger partial charge in [0.15, 0.2) is 5.71 Å². The van der Waals surface area contributed by atoms with Gasteiger partial charge >= 0.3 is 5.97 Å². The number of anilines is 2. The molecule has 0 N–H and O–H groups in total. The van der Waals surface area contributed by atoms with Crippen LogP contribution in [0.3, 0.4) is 0 Å². The summed E-state index contributed by atoms with van der Waals surface area (Å²) >= 11 is 0. The molecule has 0 aliphatic carbocycles. The zero-order valence-corrected chi connectivity index (χ0v) is 16.7. The molecule has 2 aliphatic rings. The van der Waals surface area contributed by atoms with Crippen molar-refractivity contribution in [2.24, 2.45) is 11.0 Å². The van der Waals surface area contributed by atoms with E-state index < -0.39 is 34.7 Å². The summed E-state index contributed by atoms with van der Waals surface area (Å²) in [5.41, 5.74) is 0.742. The van der Waals surface area contributed by atoms with E-state index in [4.69, 9.17) is 4.74 Å². The van der Waals surface area contributed by atoms with Gasteiger partial charge in [0.1, 0.15) is 17.6 Å². The summed E-state index contributed by atoms with van der Waals surface area (Å²) in [5, 5.41) is 17.0. The van der Waals surface area contributed by atoms with Gasteiger partial charge in [-0.15, -0.1) is 0 Å². The molecule has 10 nitrogen and oxygen atoms in total. The number of imide groups is 1. The number of nitrogens with zero attached hydrogens (tertiary/aromatic N) is 4. The topological polar surface area (TPSA) is 122 Å². The molecule has 158 valence electrons. The van der Waals surface area contributed by atoms with Crippen molar-refractivity contribution in [3.05, 3.63) is 64.2 Å². The van der Waals surface area contributed by atoms with E-state index in [0.29, 0.717) is 5.69 Å². The Labute approximate surface area is 176 Å². The van der Waals surface area contributed by atoms with Crippen LogP contribution in [0, 0.1) is 23.0 Å². The monoisotopic (exact) mass is 422 g/mol. The summed E-state index contributed by atoms with van der Waals surface area (Å²) in [6.07, 6.45) is 0. The molecular formula is C21H18N4O6. The number of nitro benzene ring substituents is 1. The molecule has 2 aromatic carbocycles. The molecule has 0 aromatic heterocycles. The van der Waals surface area contributed by atoms with Gasteiger partial charge in [0.05, 0.1) is 17.2 Å². The maximum atomic E-state index is 13.4. The van der Waals surface area contributed by atoms with Crippen molar-refractivity contribution in [3.63, 3.8) is 0 Å². The number of carbonyl (C=O) groups excluding carboxylic acids is 3. The van der Waals surface area contributed by atoms with E-state index in [1.54, 1.807) is 19.1 Å². The van der Waals surface area contributed by atoms with Gasteiger partial charge in [-0.3, -0.25) is 24.7 Å². The molecular weight excluding hydrogens is 404 g/mol. The third-order valence-corrected chi connectivity index (χ3v) is 5.15. The Morgan fingerprint density at radius 1 is 1.13 bits per heavy atom. The predicted octanol–water partition coefficient (Wildman–Crippen LogP) is 2.20. The number of hydrogen-bond acceptors (Lipinski definition) is 8. The number of ether oxygens (including phenoxy) is 1. The van der Waals surface area contributed by atoms with Crippen LogP contribution in [0.4, 0.5) is 17.1 Å². The highest BCUT2D eigenvalue weighted by Crippen LogP contribution is 2.40. The molecule has 10 heteroatoms. The molecule has 2 amide bonds. The number of nitro groups is 1. The number of hydrazone groups is 1. The molecule has 1 saturated heterocycles. The van der Waals surface area contributed by atoms with Crippen LogP contribution in [0.5, 0.6) is 0 Å². The molecule has 2 atom stereocenters. The van der Waals surface area contributed by atoms with Gasteiger partial charge < -0.3 is 4.74 Å². The molecule has 2 heterocycles. The number of fused-ring (bicyclic) bond motifs is 1. The second-order valence-corrected chi connectivity index (χ2v) is 7.07. The molecule has 0 radical (unpaired) electrons. The van der Waals surface area contributed by atoms with Gasteiger partial charge in [0, 0.05) is 6.07 Å². The summed E-state index contributed by atoms with van der Waals surface area (Å²) < 4.78 is 5.04. The van der Waals surface area contributed by atoms with E-state index in [2.05, 4.69) is 5.10 Å². The highest BCUT2D eigenvalue weighted by atomic mass is 16.6. The Hall–Kier alpha value is -4.08. The summed E-state index contributed by atoms with van der Waals surface area (Å²) in [7, 11) is 0. The fourth-order valence-electron chi connectivity index (χ4n) is 3.74. The number of rotatable bonds is 5. The summed E-state index contributed by atoms with van der Waals surface area (Å²) in [4.78, 5) is 50.7. The van der Waals surface area contributed by atoms with Crippen LogP contribution >= 0.6 is 0 Å². The molecule has 2 aromatic rings. The second-order valence-electron chi connectivity index (χ2n) is 7.07. The number of esters is 1. The average molecular weight is 422 g/mol. The van der Waals surface area contributed by atoms with Crippen LogP contribution in [0.15, 0.2) is 53.6 Å². The zero-order chi connectivity index (χ0) is 22.3. The predicted molar refractivity (Wildman–Crippen MR) is 111 cm³/mol. The average Bonchev–Trinajstić information content (AvgIpc) is 3.26. The fraction of sp³-hybridized carbons (Fsp3) is 0.238. The standard InChI is InChI=1S/C21H18N4O6/c1-3-31-21(28)17-16-18(24(22-17)13-10-8-12(2)9-11-13)20(27)23(19(16)26)14-6-4-5-7-15(14)25(29)30/h4-11,16,18H,3H2,1-2H3/t16-,18-/m0/s1. The van der Waals surface area contributed by atoms with Crippen molar-refractivity contribution in [2.75, 3.05) is 16.5 Å². The quantitative estimate of drug-likeness (QED) is 0.313. The van der Waals surface area contributed by atoms with Crippen LogP contribution in [-0.4, -0.2) is 41.1 Å². The number of benzene rings is 2. The highest BCUT2D eigenvalue weighted by molar-refractivity contribution is 6.47. The van der Waals surface area contributed by atoms with Crippen molar-refractivity contribution in [1.29, 1.82) is 0 Å². The Bertz CT molecular complexity index is 1130. The lowest BCUT2D eigenvalue weighted by atomic mass is 9.97. The van der Waals surface area contributed by atoms with Gasteiger partial charge in [-0.05, 0) is 32.0 Å². The van der Waals surface area contributed by atoms with Crippen molar-refractivity contribution >= 4 is 40.6 Å². The number of amides is 2. The Balaban J connectivity index is 1.82. The lowest BCUT2D eigenvalue weighted by Gasteiger charge is -2.22. The van der Waals surface area contributed by atoms with Crippen LogP contribution in [-0.2, 0) is 19.1 Å². The third-order valence-electron chi connectivity index (χ3n) is 5.15. The number of aryl methyl sites for hydroxylation is 1. The van der Waals surface area contributed by atoms with Crippen molar-refractivity contribution < 1.29 is 24.0 Å². The van der Waals surface area contributed by atoms with Gasteiger partial charge in [-0.2, -0.15) is 5.10 Å². The summed E-state index contributed by atoms with van der Waals surface area (Å²) in [6.45, 7) is 3.57. The SMILES string of the molecule is CCOC(=O)C1=NN(c2ccc(C)cc2)[C@@H]2C(=O)N(c3ccccc3[N+](=O)[O-])C(=O)[C@@H]12. The lowest BCUT2D eigenvalue weighted by molar-refractivity contribution is -0.384. The number of carbonyl (C=O) groups is 3. The van der Waals surface area contributed by atoms with Gasteiger partial charge in [-0.25, -0.2) is 9.69 Å². The zero-order valence-electron chi connectivity index (χ0n) is 16.7. The highest BCUT2D eigenvalue weighted by Gasteiger charge is 2.59. The van der Waals surface area contributed by atoms with Crippen molar-refractivity contribution in [2.45, 2.75) is 19.9 Å². The first kappa shape index (κ1) is 20.2. The molecule has 1 fully saturated rings. The van der Waals surface area contributed by atoms with E-state index in [-0.39, 0.29) is 23.7 Å².